The second kappa shape index (κ2) is 5.36. The molecular formula is C9H14N2O. The van der Waals surface area contributed by atoms with Gasteiger partial charge < -0.3 is 4.90 Å². The number of carbonyl (C=O) groups excluding carboxylic acids is 1. The van der Waals surface area contributed by atoms with E-state index < -0.39 is 0 Å². The van der Waals surface area contributed by atoms with Crippen LogP contribution in [0.1, 0.15) is 20.3 Å². The molecule has 0 radical (unpaired) electrons. The molecule has 3 heteroatoms. The first-order valence-corrected chi connectivity index (χ1v) is 3.97. The highest BCUT2D eigenvalue weighted by Crippen LogP contribution is 2.03. The largest absolute Gasteiger partial charge is 0.336 e. The van der Waals surface area contributed by atoms with E-state index in [0.717, 1.165) is 0 Å². The van der Waals surface area contributed by atoms with E-state index in [9.17, 15) is 4.79 Å². The number of carbonyl (C=O) groups is 1. The van der Waals surface area contributed by atoms with Crippen LogP contribution in [0.2, 0.25) is 0 Å². The summed E-state index contributed by atoms with van der Waals surface area (Å²) in [5.41, 5.74) is 0. The van der Waals surface area contributed by atoms with Crippen molar-refractivity contribution in [1.29, 1.82) is 5.26 Å². The number of nitrogens with zero attached hydrogens (tertiary/aromatic N) is 2. The van der Waals surface area contributed by atoms with Gasteiger partial charge in [-0.2, -0.15) is 5.26 Å². The SMILES string of the molecule is C=CC(=O)N(CC)C(C)CC#N. The number of nitriles is 1. The van der Waals surface area contributed by atoms with Gasteiger partial charge in [-0.25, -0.2) is 0 Å². The summed E-state index contributed by atoms with van der Waals surface area (Å²) in [7, 11) is 0. The Labute approximate surface area is 73.3 Å². The average Bonchev–Trinajstić information content (AvgIpc) is 2.06. The molecule has 0 saturated heterocycles. The van der Waals surface area contributed by atoms with Crippen LogP contribution in [0.15, 0.2) is 12.7 Å². The van der Waals surface area contributed by atoms with Crippen molar-refractivity contribution in [2.45, 2.75) is 26.3 Å². The maximum Gasteiger partial charge on any atom is 0.246 e. The summed E-state index contributed by atoms with van der Waals surface area (Å²) in [5, 5.41) is 8.42. The van der Waals surface area contributed by atoms with Gasteiger partial charge in [0.2, 0.25) is 5.91 Å². The normalized spacial score (nSPS) is 11.4. The van der Waals surface area contributed by atoms with Crippen molar-refractivity contribution in [2.75, 3.05) is 6.54 Å². The minimum atomic E-state index is -0.111. The number of amides is 1. The van der Waals surface area contributed by atoms with Crippen molar-refractivity contribution in [3.8, 4) is 6.07 Å². The van der Waals surface area contributed by atoms with Crippen LogP contribution in [0.3, 0.4) is 0 Å². The first-order chi connectivity index (χ1) is 5.67. The minimum Gasteiger partial charge on any atom is -0.336 e. The number of likely N-dealkylation sites (N-methyl/N-ethyl adjacent to an activating group) is 1. The van der Waals surface area contributed by atoms with Gasteiger partial charge in [0, 0.05) is 12.6 Å². The highest BCUT2D eigenvalue weighted by Gasteiger charge is 2.14. The summed E-state index contributed by atoms with van der Waals surface area (Å²) in [4.78, 5) is 12.8. The summed E-state index contributed by atoms with van der Waals surface area (Å²) in [6.45, 7) is 7.76. The molecule has 0 aliphatic carbocycles. The average molecular weight is 166 g/mol. The Balaban J connectivity index is 4.24. The molecule has 0 aromatic heterocycles. The maximum absolute atomic E-state index is 11.2. The molecule has 0 N–H and O–H groups in total. The lowest BCUT2D eigenvalue weighted by Crippen LogP contribution is -2.37. The van der Waals surface area contributed by atoms with Crippen LogP contribution in [0.25, 0.3) is 0 Å². The zero-order valence-corrected chi connectivity index (χ0v) is 7.58. The van der Waals surface area contributed by atoms with Crippen molar-refractivity contribution >= 4 is 5.91 Å². The summed E-state index contributed by atoms with van der Waals surface area (Å²) in [5.74, 6) is -0.111. The van der Waals surface area contributed by atoms with Crippen molar-refractivity contribution in [3.63, 3.8) is 0 Å². The quantitative estimate of drug-likeness (QED) is 0.591. The molecule has 0 aromatic carbocycles. The third-order valence-electron chi connectivity index (χ3n) is 1.72. The molecule has 0 rings (SSSR count). The van der Waals surface area contributed by atoms with Crippen LogP contribution in [-0.2, 0) is 4.79 Å². The lowest BCUT2D eigenvalue weighted by molar-refractivity contribution is -0.127. The van der Waals surface area contributed by atoms with Crippen molar-refractivity contribution < 1.29 is 4.79 Å². The molecule has 3 nitrogen and oxygen atoms in total. The zero-order valence-electron chi connectivity index (χ0n) is 7.58. The lowest BCUT2D eigenvalue weighted by Gasteiger charge is -2.24. The Kier molecular flexibility index (Phi) is 4.78. The lowest BCUT2D eigenvalue weighted by atomic mass is 10.2. The first kappa shape index (κ1) is 10.7. The first-order valence-electron chi connectivity index (χ1n) is 3.97. The maximum atomic E-state index is 11.2. The molecule has 12 heavy (non-hydrogen) atoms. The molecule has 66 valence electrons. The fourth-order valence-electron chi connectivity index (χ4n) is 1.04. The van der Waals surface area contributed by atoms with E-state index in [0.29, 0.717) is 13.0 Å². The van der Waals surface area contributed by atoms with Gasteiger partial charge in [0.15, 0.2) is 0 Å². The monoisotopic (exact) mass is 166 g/mol. The Morgan fingerprint density at radius 3 is 2.75 bits per heavy atom. The topological polar surface area (TPSA) is 44.1 Å². The van der Waals surface area contributed by atoms with Crippen molar-refractivity contribution in [3.05, 3.63) is 12.7 Å². The van der Waals surface area contributed by atoms with E-state index in [1.165, 1.54) is 6.08 Å². The smallest absolute Gasteiger partial charge is 0.246 e. The molecular weight excluding hydrogens is 152 g/mol. The highest BCUT2D eigenvalue weighted by molar-refractivity contribution is 5.87. The Hall–Kier alpha value is -1.30. The highest BCUT2D eigenvalue weighted by atomic mass is 16.2. The molecule has 1 unspecified atom stereocenters. The van der Waals surface area contributed by atoms with E-state index in [4.69, 9.17) is 5.26 Å². The van der Waals surface area contributed by atoms with E-state index in [-0.39, 0.29) is 11.9 Å². The van der Waals surface area contributed by atoms with Crippen LogP contribution in [-0.4, -0.2) is 23.4 Å². The van der Waals surface area contributed by atoms with Crippen LogP contribution in [0.5, 0.6) is 0 Å². The third kappa shape index (κ3) is 2.75. The number of hydrogen-bond donors (Lipinski definition) is 0. The predicted molar refractivity (Wildman–Crippen MR) is 47.3 cm³/mol. The van der Waals surface area contributed by atoms with Crippen LogP contribution < -0.4 is 0 Å². The van der Waals surface area contributed by atoms with Gasteiger partial charge in [-0.1, -0.05) is 6.58 Å². The van der Waals surface area contributed by atoms with Gasteiger partial charge in [0.1, 0.15) is 0 Å². The molecule has 0 fully saturated rings. The summed E-state index contributed by atoms with van der Waals surface area (Å²) >= 11 is 0. The molecule has 0 bridgehead atoms. The van der Waals surface area contributed by atoms with E-state index >= 15 is 0 Å². The molecule has 0 saturated carbocycles. The van der Waals surface area contributed by atoms with E-state index in [1.807, 2.05) is 19.9 Å². The standard InChI is InChI=1S/C9H14N2O/c1-4-9(12)11(5-2)8(3)6-7-10/h4,8H,1,5-6H2,2-3H3. The minimum absolute atomic E-state index is 0.0227. The summed E-state index contributed by atoms with van der Waals surface area (Å²) in [6.07, 6.45) is 1.64. The van der Waals surface area contributed by atoms with Crippen molar-refractivity contribution in [2.24, 2.45) is 0 Å². The Morgan fingerprint density at radius 2 is 2.42 bits per heavy atom. The summed E-state index contributed by atoms with van der Waals surface area (Å²) in [6, 6.07) is 2.01. The predicted octanol–water partition coefficient (Wildman–Crippen LogP) is 1.32. The molecule has 0 spiro atoms. The molecule has 1 atom stereocenters. The zero-order chi connectivity index (χ0) is 9.56. The number of hydrogen-bond acceptors (Lipinski definition) is 2. The second-order valence-corrected chi connectivity index (χ2v) is 2.54. The van der Waals surface area contributed by atoms with Crippen molar-refractivity contribution in [1.82, 2.24) is 4.90 Å². The molecule has 0 aliphatic heterocycles. The third-order valence-corrected chi connectivity index (χ3v) is 1.72. The van der Waals surface area contributed by atoms with Crippen LogP contribution >= 0.6 is 0 Å². The fourth-order valence-corrected chi connectivity index (χ4v) is 1.04. The van der Waals surface area contributed by atoms with Gasteiger partial charge >= 0.3 is 0 Å². The Bertz CT molecular complexity index is 205. The van der Waals surface area contributed by atoms with Gasteiger partial charge in [-0.05, 0) is 19.9 Å². The fraction of sp³-hybridized carbons (Fsp3) is 0.556. The molecule has 0 aliphatic rings. The van der Waals surface area contributed by atoms with Gasteiger partial charge in [-0.15, -0.1) is 0 Å². The Morgan fingerprint density at radius 1 is 1.83 bits per heavy atom. The van der Waals surface area contributed by atoms with Crippen LogP contribution in [0, 0.1) is 11.3 Å². The van der Waals surface area contributed by atoms with E-state index in [1.54, 1.807) is 4.90 Å². The molecule has 0 aromatic rings. The molecule has 0 heterocycles. The summed E-state index contributed by atoms with van der Waals surface area (Å²) < 4.78 is 0. The van der Waals surface area contributed by atoms with Gasteiger partial charge in [0.05, 0.1) is 12.5 Å². The number of rotatable bonds is 4. The van der Waals surface area contributed by atoms with Gasteiger partial charge in [-0.3, -0.25) is 4.79 Å². The molecule has 1 amide bonds. The van der Waals surface area contributed by atoms with E-state index in [2.05, 4.69) is 6.58 Å². The van der Waals surface area contributed by atoms with Crippen LogP contribution in [0.4, 0.5) is 0 Å². The second-order valence-electron chi connectivity index (χ2n) is 2.54. The van der Waals surface area contributed by atoms with Gasteiger partial charge in [0.25, 0.3) is 0 Å².